The van der Waals surface area contributed by atoms with Crippen molar-refractivity contribution in [1.29, 1.82) is 0 Å². The SMILES string of the molecule is O=C(NCc1ccc([C@H]2O[C@@H](CN3CCC4(CC3)C(=O)NCN4c3ccccc3)C[C@@H](c3ccc(CO)cc3)O2)cc1)Nc1ccc(Oc2ccccc2)cc1. The lowest BCUT2D eigenvalue weighted by atomic mass is 9.85. The summed E-state index contributed by atoms with van der Waals surface area (Å²) in [5.74, 6) is 1.53. The first kappa shape index (κ1) is 37.2. The zero-order valence-electron chi connectivity index (χ0n) is 31.2. The molecule has 5 aromatic carbocycles. The molecule has 0 radical (unpaired) electrons. The van der Waals surface area contributed by atoms with Crippen LogP contribution in [0.3, 0.4) is 0 Å². The minimum atomic E-state index is -0.597. The number of para-hydroxylation sites is 2. The van der Waals surface area contributed by atoms with Gasteiger partial charge in [0, 0.05) is 49.5 Å². The number of anilines is 2. The predicted octanol–water partition coefficient (Wildman–Crippen LogP) is 7.27. The van der Waals surface area contributed by atoms with Gasteiger partial charge in [-0.3, -0.25) is 4.79 Å². The highest BCUT2D eigenvalue weighted by atomic mass is 16.7. The third kappa shape index (κ3) is 8.56. The van der Waals surface area contributed by atoms with E-state index in [9.17, 15) is 14.7 Å². The number of piperidine rings is 1. The highest BCUT2D eigenvalue weighted by Gasteiger charge is 2.50. The van der Waals surface area contributed by atoms with Crippen molar-refractivity contribution in [2.45, 2.75) is 56.5 Å². The Morgan fingerprint density at radius 1 is 0.786 bits per heavy atom. The quantitative estimate of drug-likeness (QED) is 0.111. The number of nitrogens with zero attached hydrogens (tertiary/aromatic N) is 2. The molecule has 3 heterocycles. The van der Waals surface area contributed by atoms with Gasteiger partial charge in [0.1, 0.15) is 17.0 Å². The number of benzene rings is 5. The van der Waals surface area contributed by atoms with Crippen molar-refractivity contribution in [3.05, 3.63) is 156 Å². The van der Waals surface area contributed by atoms with Crippen LogP contribution in [-0.2, 0) is 27.4 Å². The summed E-state index contributed by atoms with van der Waals surface area (Å²) in [6.07, 6.45) is 1.22. The number of carbonyl (C=O) groups is 2. The van der Waals surface area contributed by atoms with E-state index in [-0.39, 0.29) is 30.8 Å². The normalized spacial score (nSPS) is 20.7. The van der Waals surface area contributed by atoms with Crippen LogP contribution in [0.1, 0.15) is 53.9 Å². The smallest absolute Gasteiger partial charge is 0.319 e. The number of amides is 3. The van der Waals surface area contributed by atoms with E-state index < -0.39 is 11.8 Å². The molecular weight excluding hydrogens is 707 g/mol. The third-order valence-corrected chi connectivity index (χ3v) is 11.0. The molecule has 0 saturated carbocycles. The second-order valence-electron chi connectivity index (χ2n) is 14.6. The molecule has 4 N–H and O–H groups in total. The van der Waals surface area contributed by atoms with Crippen LogP contribution in [0.15, 0.2) is 133 Å². The van der Waals surface area contributed by atoms with Gasteiger partial charge in [-0.15, -0.1) is 0 Å². The van der Waals surface area contributed by atoms with Crippen molar-refractivity contribution < 1.29 is 28.9 Å². The number of carbonyl (C=O) groups excluding carboxylic acids is 2. The standard InChI is InChI=1S/C45H47N5O6/c51-30-33-13-15-34(16-14-33)41-27-40(29-49-25-23-45(24-26-49)43(52)47-31-50(45)37-7-3-1-4-8-37)55-42(56-41)35-17-11-32(12-18-35)28-46-44(53)48-36-19-21-39(22-20-36)54-38-9-5-2-6-10-38/h1-22,40-42,51H,23-31H2,(H,47,52)(H2,46,48,53)/t40-,41+,42+/m1/s1. The molecule has 8 rings (SSSR count). The van der Waals surface area contributed by atoms with Gasteiger partial charge >= 0.3 is 6.03 Å². The molecule has 3 atom stereocenters. The second kappa shape index (κ2) is 17.0. The van der Waals surface area contributed by atoms with Crippen LogP contribution in [0.25, 0.3) is 0 Å². The largest absolute Gasteiger partial charge is 0.457 e. The topological polar surface area (TPSA) is 125 Å². The molecule has 11 nitrogen and oxygen atoms in total. The molecule has 3 aliphatic rings. The van der Waals surface area contributed by atoms with Gasteiger partial charge in [-0.1, -0.05) is 84.9 Å². The van der Waals surface area contributed by atoms with Crippen LogP contribution < -0.4 is 25.6 Å². The van der Waals surface area contributed by atoms with Crippen LogP contribution in [0.4, 0.5) is 16.2 Å². The number of likely N-dealkylation sites (tertiary alicyclic amines) is 1. The van der Waals surface area contributed by atoms with Crippen molar-refractivity contribution in [2.24, 2.45) is 0 Å². The van der Waals surface area contributed by atoms with Crippen molar-refractivity contribution in [1.82, 2.24) is 15.5 Å². The molecule has 0 unspecified atom stereocenters. The van der Waals surface area contributed by atoms with Crippen molar-refractivity contribution in [3.63, 3.8) is 0 Å². The van der Waals surface area contributed by atoms with Gasteiger partial charge < -0.3 is 45.1 Å². The molecule has 3 saturated heterocycles. The molecule has 3 aliphatic heterocycles. The maximum absolute atomic E-state index is 13.3. The summed E-state index contributed by atoms with van der Waals surface area (Å²) < 4.78 is 19.1. The van der Waals surface area contributed by atoms with E-state index in [0.717, 1.165) is 59.6 Å². The summed E-state index contributed by atoms with van der Waals surface area (Å²) in [7, 11) is 0. The fourth-order valence-electron chi connectivity index (χ4n) is 7.84. The van der Waals surface area contributed by atoms with E-state index in [4.69, 9.17) is 14.2 Å². The van der Waals surface area contributed by atoms with Crippen LogP contribution in [-0.4, -0.2) is 59.9 Å². The predicted molar refractivity (Wildman–Crippen MR) is 214 cm³/mol. The molecular formula is C45H47N5O6. The molecule has 3 fully saturated rings. The zero-order valence-corrected chi connectivity index (χ0v) is 31.2. The van der Waals surface area contributed by atoms with Crippen molar-refractivity contribution in [3.8, 4) is 11.5 Å². The van der Waals surface area contributed by atoms with Gasteiger partial charge in [0.05, 0.1) is 25.5 Å². The summed E-state index contributed by atoms with van der Waals surface area (Å²) in [6.45, 7) is 3.12. The molecule has 56 heavy (non-hydrogen) atoms. The number of hydrogen-bond donors (Lipinski definition) is 4. The van der Waals surface area contributed by atoms with Gasteiger partial charge in [0.25, 0.3) is 0 Å². The molecule has 0 aliphatic carbocycles. The Balaban J connectivity index is 0.885. The molecule has 1 spiro atoms. The van der Waals surface area contributed by atoms with E-state index in [1.165, 1.54) is 0 Å². The molecule has 3 amide bonds. The van der Waals surface area contributed by atoms with Gasteiger partial charge in [-0.05, 0) is 78.1 Å². The van der Waals surface area contributed by atoms with Crippen LogP contribution in [0.5, 0.6) is 11.5 Å². The van der Waals surface area contributed by atoms with E-state index >= 15 is 0 Å². The molecule has 0 bridgehead atoms. The van der Waals surface area contributed by atoms with Crippen molar-refractivity contribution >= 4 is 23.3 Å². The number of hydrogen-bond acceptors (Lipinski definition) is 8. The number of ether oxygens (including phenoxy) is 3. The Hall–Kier alpha value is -5.72. The Morgan fingerprint density at radius 2 is 1.43 bits per heavy atom. The summed E-state index contributed by atoms with van der Waals surface area (Å²) in [6, 6.07) is 42.4. The fraction of sp³-hybridized carbons (Fsp3) is 0.289. The van der Waals surface area contributed by atoms with Gasteiger partial charge in [0.15, 0.2) is 6.29 Å². The second-order valence-corrected chi connectivity index (χ2v) is 14.6. The third-order valence-electron chi connectivity index (χ3n) is 11.0. The van der Waals surface area contributed by atoms with E-state index in [1.54, 1.807) is 12.1 Å². The van der Waals surface area contributed by atoms with Gasteiger partial charge in [-0.2, -0.15) is 0 Å². The zero-order chi connectivity index (χ0) is 38.3. The Morgan fingerprint density at radius 3 is 2.12 bits per heavy atom. The lowest BCUT2D eigenvalue weighted by molar-refractivity contribution is -0.253. The molecule has 5 aromatic rings. The number of rotatable bonds is 11. The van der Waals surface area contributed by atoms with E-state index in [1.807, 2.05) is 109 Å². The maximum atomic E-state index is 13.3. The van der Waals surface area contributed by atoms with Crippen LogP contribution in [0.2, 0.25) is 0 Å². The Bertz CT molecular complexity index is 2060. The number of nitrogens with one attached hydrogen (secondary N) is 3. The molecule has 11 heteroatoms. The monoisotopic (exact) mass is 753 g/mol. The number of aliphatic hydroxyl groups is 1. The first-order valence-corrected chi connectivity index (χ1v) is 19.2. The average Bonchev–Trinajstić information content (AvgIpc) is 3.56. The highest BCUT2D eigenvalue weighted by Crippen LogP contribution is 2.40. The lowest BCUT2D eigenvalue weighted by Gasteiger charge is -2.45. The van der Waals surface area contributed by atoms with Gasteiger partial charge in [0.2, 0.25) is 5.91 Å². The average molecular weight is 754 g/mol. The number of urea groups is 1. The van der Waals surface area contributed by atoms with Crippen molar-refractivity contribution in [2.75, 3.05) is 36.5 Å². The molecule has 0 aromatic heterocycles. The minimum Gasteiger partial charge on any atom is -0.457 e. The fourth-order valence-corrected chi connectivity index (χ4v) is 7.84. The summed E-state index contributed by atoms with van der Waals surface area (Å²) in [5, 5.41) is 18.5. The van der Waals surface area contributed by atoms with E-state index in [0.29, 0.717) is 37.6 Å². The van der Waals surface area contributed by atoms with E-state index in [2.05, 4.69) is 37.9 Å². The number of aliphatic hydroxyl groups excluding tert-OH is 1. The lowest BCUT2D eigenvalue weighted by Crippen LogP contribution is -2.57. The summed E-state index contributed by atoms with van der Waals surface area (Å²) in [5.41, 5.74) is 4.87. The Labute approximate surface area is 327 Å². The van der Waals surface area contributed by atoms with Gasteiger partial charge in [-0.25, -0.2) is 4.79 Å². The first-order valence-electron chi connectivity index (χ1n) is 19.2. The summed E-state index contributed by atoms with van der Waals surface area (Å²) >= 11 is 0. The minimum absolute atomic E-state index is 0.0169. The summed E-state index contributed by atoms with van der Waals surface area (Å²) in [4.78, 5) is 30.6. The van der Waals surface area contributed by atoms with Crippen LogP contribution in [0, 0.1) is 0 Å². The highest BCUT2D eigenvalue weighted by molar-refractivity contribution is 5.93. The maximum Gasteiger partial charge on any atom is 0.319 e. The molecule has 288 valence electrons. The Kier molecular flexibility index (Phi) is 11.3. The first-order chi connectivity index (χ1) is 27.4. The van der Waals surface area contributed by atoms with Crippen LogP contribution >= 0.6 is 0 Å².